The second kappa shape index (κ2) is 8.95. The fourth-order valence-corrected chi connectivity index (χ4v) is 2.11. The summed E-state index contributed by atoms with van der Waals surface area (Å²) in [7, 11) is 0. The maximum atomic E-state index is 5.37. The lowest BCUT2D eigenvalue weighted by molar-refractivity contribution is -0.343. The van der Waals surface area contributed by atoms with E-state index in [2.05, 4.69) is 26.0 Å². The summed E-state index contributed by atoms with van der Waals surface area (Å²) < 4.78 is 0. The first kappa shape index (κ1) is 21.1. The third-order valence-corrected chi connectivity index (χ3v) is 3.41. The highest BCUT2D eigenvalue weighted by atomic mass is 17.2. The minimum atomic E-state index is -0.292. The molecule has 1 aliphatic rings. The maximum Gasteiger partial charge on any atom is 0.104 e. The van der Waals surface area contributed by atoms with Crippen LogP contribution in [0.3, 0.4) is 0 Å². The lowest BCUT2D eigenvalue weighted by atomic mass is 9.90. The Labute approximate surface area is 147 Å². The minimum Gasteiger partial charge on any atom is -0.232 e. The molecule has 0 aromatic rings. The summed E-state index contributed by atoms with van der Waals surface area (Å²) in [5.74, 6) is 0. The summed E-state index contributed by atoms with van der Waals surface area (Å²) >= 11 is 0. The van der Waals surface area contributed by atoms with Gasteiger partial charge in [-0.05, 0) is 85.0 Å². The molecule has 138 valence electrons. The third kappa shape index (κ3) is 8.78. The molecule has 0 saturated heterocycles. The van der Waals surface area contributed by atoms with Gasteiger partial charge in [-0.3, -0.25) is 0 Å². The molecule has 0 spiro atoms. The van der Waals surface area contributed by atoms with E-state index in [4.69, 9.17) is 19.6 Å². The van der Waals surface area contributed by atoms with Gasteiger partial charge in [0.1, 0.15) is 13.2 Å². The smallest absolute Gasteiger partial charge is 0.104 e. The molecule has 0 aromatic carbocycles. The van der Waals surface area contributed by atoms with E-state index in [0.717, 1.165) is 12.8 Å². The molecule has 0 atom stereocenters. The van der Waals surface area contributed by atoms with Crippen LogP contribution in [0.2, 0.25) is 0 Å². The zero-order valence-corrected chi connectivity index (χ0v) is 16.6. The van der Waals surface area contributed by atoms with Crippen molar-refractivity contribution in [3.05, 3.63) is 34.4 Å². The quantitative estimate of drug-likeness (QED) is 0.366. The van der Waals surface area contributed by atoms with E-state index in [0.29, 0.717) is 13.2 Å². The molecule has 0 fully saturated rings. The van der Waals surface area contributed by atoms with Gasteiger partial charge in [-0.2, -0.15) is 0 Å². The molecule has 0 saturated carbocycles. The molecule has 0 N–H and O–H groups in total. The van der Waals surface area contributed by atoms with E-state index in [-0.39, 0.29) is 11.2 Å². The molecular weight excluding hydrogens is 304 g/mol. The standard InChI is InChI=1S/C20H34O4/c1-15(13-21-23-19(3,4)5)17-10-9-11-18(12-17)16(2)14-22-24-20(6,7)8/h9-10H,11-14H2,1-8H3. The van der Waals surface area contributed by atoms with Crippen molar-refractivity contribution < 1.29 is 19.6 Å². The van der Waals surface area contributed by atoms with Gasteiger partial charge in [0.25, 0.3) is 0 Å². The highest BCUT2D eigenvalue weighted by molar-refractivity contribution is 5.37. The average Bonchev–Trinajstić information content (AvgIpc) is 2.44. The van der Waals surface area contributed by atoms with Gasteiger partial charge in [-0.25, -0.2) is 19.6 Å². The van der Waals surface area contributed by atoms with E-state index >= 15 is 0 Å². The second-order valence-corrected chi connectivity index (χ2v) is 8.39. The summed E-state index contributed by atoms with van der Waals surface area (Å²) in [6.07, 6.45) is 6.25. The maximum absolute atomic E-state index is 5.37. The number of rotatable bonds is 6. The van der Waals surface area contributed by atoms with Crippen LogP contribution in [0.1, 0.15) is 68.2 Å². The lowest BCUT2D eigenvalue weighted by Gasteiger charge is -2.21. The summed E-state index contributed by atoms with van der Waals surface area (Å²) in [5, 5.41) is 0. The Morgan fingerprint density at radius 2 is 1.38 bits per heavy atom. The Balaban J connectivity index is 2.61. The van der Waals surface area contributed by atoms with Crippen molar-refractivity contribution in [2.45, 2.75) is 79.4 Å². The zero-order valence-electron chi connectivity index (χ0n) is 16.6. The van der Waals surface area contributed by atoms with E-state index in [9.17, 15) is 0 Å². The van der Waals surface area contributed by atoms with Crippen molar-refractivity contribution in [3.63, 3.8) is 0 Å². The van der Waals surface area contributed by atoms with Crippen molar-refractivity contribution in [1.29, 1.82) is 0 Å². The molecule has 1 aliphatic carbocycles. The van der Waals surface area contributed by atoms with Crippen LogP contribution >= 0.6 is 0 Å². The molecule has 1 rings (SSSR count). The molecular formula is C20H34O4. The Morgan fingerprint density at radius 3 is 1.88 bits per heavy atom. The first-order valence-electron chi connectivity index (χ1n) is 8.62. The summed E-state index contributed by atoms with van der Waals surface area (Å²) in [6.45, 7) is 17.0. The molecule has 0 amide bonds. The Morgan fingerprint density at radius 1 is 0.875 bits per heavy atom. The number of hydrogen-bond donors (Lipinski definition) is 0. The molecule has 0 heterocycles. The van der Waals surface area contributed by atoms with Crippen molar-refractivity contribution in [2.75, 3.05) is 13.2 Å². The average molecular weight is 338 g/mol. The van der Waals surface area contributed by atoms with Crippen molar-refractivity contribution in [2.24, 2.45) is 0 Å². The van der Waals surface area contributed by atoms with Gasteiger partial charge >= 0.3 is 0 Å². The highest BCUT2D eigenvalue weighted by Gasteiger charge is 2.15. The van der Waals surface area contributed by atoms with E-state index in [1.165, 1.54) is 22.3 Å². The lowest BCUT2D eigenvalue weighted by Crippen LogP contribution is -2.20. The molecule has 0 radical (unpaired) electrons. The highest BCUT2D eigenvalue weighted by Crippen LogP contribution is 2.27. The van der Waals surface area contributed by atoms with Gasteiger partial charge in [0.05, 0.1) is 11.2 Å². The largest absolute Gasteiger partial charge is 0.232 e. The van der Waals surface area contributed by atoms with Crippen LogP contribution in [-0.4, -0.2) is 24.4 Å². The zero-order chi connectivity index (χ0) is 18.4. The van der Waals surface area contributed by atoms with Crippen LogP contribution in [0.15, 0.2) is 34.4 Å². The van der Waals surface area contributed by atoms with Gasteiger partial charge in [0.15, 0.2) is 0 Å². The van der Waals surface area contributed by atoms with Crippen molar-refractivity contribution >= 4 is 0 Å². The van der Waals surface area contributed by atoms with Gasteiger partial charge in [0, 0.05) is 0 Å². The third-order valence-electron chi connectivity index (χ3n) is 3.41. The van der Waals surface area contributed by atoms with Gasteiger partial charge < -0.3 is 0 Å². The molecule has 0 aliphatic heterocycles. The van der Waals surface area contributed by atoms with Gasteiger partial charge in [0.2, 0.25) is 0 Å². The molecule has 0 bridgehead atoms. The van der Waals surface area contributed by atoms with Crippen LogP contribution in [0.25, 0.3) is 0 Å². The van der Waals surface area contributed by atoms with Crippen molar-refractivity contribution in [3.8, 4) is 0 Å². The van der Waals surface area contributed by atoms with Crippen LogP contribution in [0.5, 0.6) is 0 Å². The normalized spacial score (nSPS) is 20.3. The topological polar surface area (TPSA) is 36.9 Å². The van der Waals surface area contributed by atoms with E-state index < -0.39 is 0 Å². The fraction of sp³-hybridized carbons (Fsp3) is 0.700. The Hall–Kier alpha value is -0.940. The molecule has 0 unspecified atom stereocenters. The second-order valence-electron chi connectivity index (χ2n) is 8.39. The first-order valence-corrected chi connectivity index (χ1v) is 8.62. The number of allylic oxidation sites excluding steroid dienone is 4. The summed E-state index contributed by atoms with van der Waals surface area (Å²) in [4.78, 5) is 21.4. The van der Waals surface area contributed by atoms with Gasteiger partial charge in [-0.15, -0.1) is 0 Å². The van der Waals surface area contributed by atoms with Crippen molar-refractivity contribution in [1.82, 2.24) is 0 Å². The van der Waals surface area contributed by atoms with E-state index in [1.807, 2.05) is 41.5 Å². The fourth-order valence-electron chi connectivity index (χ4n) is 2.11. The van der Waals surface area contributed by atoms with Crippen LogP contribution in [-0.2, 0) is 19.6 Å². The summed E-state index contributed by atoms with van der Waals surface area (Å²) in [6, 6.07) is 0. The van der Waals surface area contributed by atoms with Crippen LogP contribution in [0.4, 0.5) is 0 Å². The minimum absolute atomic E-state index is 0.288. The predicted molar refractivity (Wildman–Crippen MR) is 97.4 cm³/mol. The van der Waals surface area contributed by atoms with Crippen LogP contribution in [0, 0.1) is 0 Å². The van der Waals surface area contributed by atoms with E-state index in [1.54, 1.807) is 0 Å². The number of hydrogen-bond acceptors (Lipinski definition) is 4. The van der Waals surface area contributed by atoms with Crippen LogP contribution < -0.4 is 0 Å². The molecule has 24 heavy (non-hydrogen) atoms. The first-order chi connectivity index (χ1) is 11.0. The monoisotopic (exact) mass is 338 g/mol. The SMILES string of the molecule is CC(COOC(C)(C)C)=C1C=CCC(=C(C)COOC(C)(C)C)C1. The predicted octanol–water partition coefficient (Wildman–Crippen LogP) is 5.46. The Bertz CT molecular complexity index is 499. The Kier molecular flexibility index (Phi) is 7.87. The van der Waals surface area contributed by atoms with Gasteiger partial charge in [-0.1, -0.05) is 17.7 Å². The molecule has 4 nitrogen and oxygen atoms in total. The molecule has 0 aromatic heterocycles. The summed E-state index contributed by atoms with van der Waals surface area (Å²) in [5.41, 5.74) is 4.49. The molecule has 4 heteroatoms.